The van der Waals surface area contributed by atoms with Crippen LogP contribution in [-0.2, 0) is 12.8 Å². The fraction of sp³-hybridized carbons (Fsp3) is 0.615. The Labute approximate surface area is 200 Å². The van der Waals surface area contributed by atoms with E-state index in [0.29, 0.717) is 31.6 Å². The number of nitrogens with one attached hydrogen (secondary N) is 1. The summed E-state index contributed by atoms with van der Waals surface area (Å²) >= 11 is 0. The van der Waals surface area contributed by atoms with Crippen LogP contribution in [0.4, 0.5) is 4.39 Å². The molecule has 1 aromatic carbocycles. The summed E-state index contributed by atoms with van der Waals surface area (Å²) in [5, 5.41) is 13.4. The van der Waals surface area contributed by atoms with Crippen LogP contribution in [-0.4, -0.2) is 39.7 Å². The number of ether oxygens (including phenoxy) is 1. The van der Waals surface area contributed by atoms with Gasteiger partial charge in [0.2, 0.25) is 5.95 Å². The van der Waals surface area contributed by atoms with Gasteiger partial charge in [0.15, 0.2) is 5.69 Å². The van der Waals surface area contributed by atoms with Crippen LogP contribution in [0.2, 0.25) is 0 Å². The minimum Gasteiger partial charge on any atom is -0.495 e. The Hall–Kier alpha value is -2.41. The van der Waals surface area contributed by atoms with Gasteiger partial charge >= 0.3 is 0 Å². The normalized spacial score (nSPS) is 22.9. The number of carbonyl (C=O) groups excluding carboxylic acids is 1. The first kappa shape index (κ1) is 21.1. The van der Waals surface area contributed by atoms with Gasteiger partial charge in [-0.2, -0.15) is 4.39 Å². The molecule has 0 unspecified atom stereocenters. The zero-order chi connectivity index (χ0) is 26.9. The van der Waals surface area contributed by atoms with Gasteiger partial charge in [-0.25, -0.2) is 4.98 Å². The lowest BCUT2D eigenvalue weighted by Crippen LogP contribution is -2.45. The van der Waals surface area contributed by atoms with Crippen molar-refractivity contribution >= 4 is 5.91 Å². The number of hydrogen-bond acceptors (Lipinski definition) is 4. The van der Waals surface area contributed by atoms with Gasteiger partial charge in [0.05, 0.1) is 22.4 Å². The summed E-state index contributed by atoms with van der Waals surface area (Å²) in [4.78, 5) is 17.1. The maximum absolute atomic E-state index is 15.7. The molecule has 3 rings (SSSR count). The minimum absolute atomic E-state index is 0.0136. The van der Waals surface area contributed by atoms with E-state index in [1.165, 1.54) is 0 Å². The van der Waals surface area contributed by atoms with Crippen LogP contribution in [0.1, 0.15) is 86.3 Å². The first-order chi connectivity index (χ1) is 16.6. The molecule has 0 bridgehead atoms. The highest BCUT2D eigenvalue weighted by Crippen LogP contribution is 2.32. The molecule has 0 atom stereocenters. The number of nitrogens with zero attached hydrogens (tertiary/aromatic N) is 2. The number of benzene rings is 1. The van der Waals surface area contributed by atoms with Gasteiger partial charge in [0.25, 0.3) is 5.91 Å². The molecule has 7 heteroatoms. The van der Waals surface area contributed by atoms with Gasteiger partial charge in [-0.05, 0) is 61.1 Å². The Morgan fingerprint density at radius 1 is 1.39 bits per heavy atom. The molecular formula is C26H38FN3O3. The Morgan fingerprint density at radius 2 is 2.09 bits per heavy atom. The number of amides is 1. The Bertz CT molecular complexity index is 1080. The molecule has 6 nitrogen and oxygen atoms in total. The number of aromatic nitrogens is 2. The van der Waals surface area contributed by atoms with Crippen molar-refractivity contribution in [2.75, 3.05) is 13.6 Å². The van der Waals surface area contributed by atoms with Crippen LogP contribution in [0.15, 0.2) is 18.2 Å². The zero-order valence-corrected chi connectivity index (χ0v) is 20.3. The Kier molecular flexibility index (Phi) is 6.30. The van der Waals surface area contributed by atoms with Crippen molar-refractivity contribution < 1.29 is 23.1 Å². The van der Waals surface area contributed by atoms with Crippen LogP contribution in [0.5, 0.6) is 5.75 Å². The molecule has 1 aliphatic rings. The summed E-state index contributed by atoms with van der Waals surface area (Å²) in [7, 11) is -2.74. The van der Waals surface area contributed by atoms with Gasteiger partial charge < -0.3 is 15.2 Å². The van der Waals surface area contributed by atoms with E-state index in [9.17, 15) is 9.90 Å². The number of aryl methyl sites for hydroxylation is 1. The third-order valence-corrected chi connectivity index (χ3v) is 6.31. The fourth-order valence-corrected chi connectivity index (χ4v) is 4.42. The van der Waals surface area contributed by atoms with Gasteiger partial charge in [0, 0.05) is 13.0 Å². The molecule has 0 spiro atoms. The second kappa shape index (κ2) is 9.84. The van der Waals surface area contributed by atoms with Crippen molar-refractivity contribution in [1.82, 2.24) is 14.9 Å². The molecule has 1 aromatic heterocycles. The average Bonchev–Trinajstić information content (AvgIpc) is 3.09. The molecule has 1 aliphatic carbocycles. The van der Waals surface area contributed by atoms with Crippen molar-refractivity contribution in [2.45, 2.75) is 78.7 Å². The first-order valence-electron chi connectivity index (χ1n) is 13.2. The number of rotatable bonds is 7. The highest BCUT2D eigenvalue weighted by atomic mass is 19.1. The summed E-state index contributed by atoms with van der Waals surface area (Å²) in [6, 6.07) is 5.00. The van der Waals surface area contributed by atoms with Gasteiger partial charge in [0.1, 0.15) is 11.6 Å². The number of halogens is 1. The smallest absolute Gasteiger partial charge is 0.274 e. The number of aliphatic hydroxyl groups is 1. The van der Waals surface area contributed by atoms with Crippen molar-refractivity contribution in [3.8, 4) is 11.4 Å². The van der Waals surface area contributed by atoms with Crippen molar-refractivity contribution in [3.63, 3.8) is 0 Å². The summed E-state index contributed by atoms with van der Waals surface area (Å²) in [5.74, 6) is -0.868. The Balaban J connectivity index is 1.94. The number of carbonyl (C=O) groups is 1. The molecule has 0 aliphatic heterocycles. The highest BCUT2D eigenvalue weighted by Gasteiger charge is 2.33. The van der Waals surface area contributed by atoms with Crippen LogP contribution < -0.4 is 10.1 Å². The topological polar surface area (TPSA) is 76.4 Å². The number of imidazole rings is 1. The molecule has 2 aromatic rings. The Morgan fingerprint density at radius 3 is 2.70 bits per heavy atom. The van der Waals surface area contributed by atoms with E-state index in [-0.39, 0.29) is 29.2 Å². The van der Waals surface area contributed by atoms with E-state index >= 15 is 4.39 Å². The van der Waals surface area contributed by atoms with Crippen molar-refractivity contribution in [2.24, 2.45) is 11.3 Å². The molecule has 182 valence electrons. The quantitative estimate of drug-likeness (QED) is 0.617. The van der Waals surface area contributed by atoms with Gasteiger partial charge in [-0.15, -0.1) is 0 Å². The second-order valence-corrected chi connectivity index (χ2v) is 10.6. The predicted molar refractivity (Wildman–Crippen MR) is 128 cm³/mol. The lowest BCUT2D eigenvalue weighted by Gasteiger charge is -2.34. The summed E-state index contributed by atoms with van der Waals surface area (Å²) < 4.78 is 44.9. The average molecular weight is 463 g/mol. The largest absolute Gasteiger partial charge is 0.495 e. The molecule has 1 saturated carbocycles. The SMILES string of the molecule is [2H]C([2H])([2H])Oc1cc(CC(C)(C)C)ccc1-n1c(CC)nc(C(=O)NCC2(O)CCC(C)CC2)c1F. The maximum atomic E-state index is 15.7. The van der Waals surface area contributed by atoms with Crippen LogP contribution >= 0.6 is 0 Å². The van der Waals surface area contributed by atoms with Crippen LogP contribution in [0.3, 0.4) is 0 Å². The predicted octanol–water partition coefficient (Wildman–Crippen LogP) is 4.84. The highest BCUT2D eigenvalue weighted by molar-refractivity contribution is 5.92. The molecule has 0 saturated heterocycles. The third kappa shape index (κ3) is 5.94. The molecule has 1 fully saturated rings. The van der Waals surface area contributed by atoms with Crippen LogP contribution in [0, 0.1) is 17.3 Å². The van der Waals surface area contributed by atoms with Crippen molar-refractivity contribution in [3.05, 3.63) is 41.2 Å². The number of hydrogen-bond donors (Lipinski definition) is 2. The summed E-state index contributed by atoms with van der Waals surface area (Å²) in [6.45, 7) is 10.1. The lowest BCUT2D eigenvalue weighted by molar-refractivity contribution is -0.00547. The second-order valence-electron chi connectivity index (χ2n) is 10.6. The molecule has 0 radical (unpaired) electrons. The standard InChI is InChI=1S/C26H38FN3O3/c1-7-21-29-22(24(31)28-16-26(32)12-10-17(2)11-13-26)23(27)30(21)19-9-8-18(14-20(19)33-6)15-25(3,4)5/h8-9,14,17,32H,7,10-13,15-16H2,1-6H3,(H,28,31)/i6D3. The van der Waals surface area contributed by atoms with Gasteiger partial charge in [-0.3, -0.25) is 9.36 Å². The number of methoxy groups -OCH3 is 1. The molecule has 1 amide bonds. The fourth-order valence-electron chi connectivity index (χ4n) is 4.42. The lowest BCUT2D eigenvalue weighted by atomic mass is 9.79. The van der Waals surface area contributed by atoms with E-state index in [1.54, 1.807) is 25.1 Å². The van der Waals surface area contributed by atoms with E-state index in [0.717, 1.165) is 23.0 Å². The van der Waals surface area contributed by atoms with E-state index in [2.05, 4.69) is 38.0 Å². The molecule has 2 N–H and O–H groups in total. The zero-order valence-electron chi connectivity index (χ0n) is 23.3. The summed E-state index contributed by atoms with van der Waals surface area (Å²) in [6.07, 6.45) is 3.83. The van der Waals surface area contributed by atoms with E-state index < -0.39 is 30.2 Å². The van der Waals surface area contributed by atoms with E-state index in [4.69, 9.17) is 8.85 Å². The van der Waals surface area contributed by atoms with E-state index in [1.807, 2.05) is 0 Å². The summed E-state index contributed by atoms with van der Waals surface area (Å²) in [5.41, 5.74) is -0.475. The van der Waals surface area contributed by atoms with Gasteiger partial charge in [-0.1, -0.05) is 40.7 Å². The third-order valence-electron chi connectivity index (χ3n) is 6.31. The molecule has 1 heterocycles. The maximum Gasteiger partial charge on any atom is 0.274 e. The molecule has 33 heavy (non-hydrogen) atoms. The van der Waals surface area contributed by atoms with Crippen molar-refractivity contribution in [1.29, 1.82) is 0 Å². The monoisotopic (exact) mass is 462 g/mol. The minimum atomic E-state index is -2.74. The van der Waals surface area contributed by atoms with Crippen LogP contribution in [0.25, 0.3) is 5.69 Å². The first-order valence-corrected chi connectivity index (χ1v) is 11.7. The molecular weight excluding hydrogens is 421 g/mol.